The van der Waals surface area contributed by atoms with Gasteiger partial charge in [-0.2, -0.15) is 0 Å². The third-order valence-corrected chi connectivity index (χ3v) is 4.11. The van der Waals surface area contributed by atoms with Crippen molar-refractivity contribution in [3.8, 4) is 0 Å². The molecule has 114 valence electrons. The van der Waals surface area contributed by atoms with E-state index in [0.29, 0.717) is 25.5 Å². The van der Waals surface area contributed by atoms with Crippen molar-refractivity contribution in [1.82, 2.24) is 4.98 Å². The fourth-order valence-corrected chi connectivity index (χ4v) is 2.72. The molecule has 1 atom stereocenters. The molecule has 1 aliphatic rings. The number of aromatic nitrogens is 1. The van der Waals surface area contributed by atoms with Crippen LogP contribution in [0, 0.1) is 0 Å². The Morgan fingerprint density at radius 1 is 1.27 bits per heavy atom. The molecular weight excluding hydrogens is 348 g/mol. The Hall–Kier alpha value is -1.92. The Balaban J connectivity index is 1.79. The molecule has 1 fully saturated rings. The summed E-state index contributed by atoms with van der Waals surface area (Å²) in [5.74, 6) is -0.343. The molecule has 2 aromatic rings. The van der Waals surface area contributed by atoms with Crippen molar-refractivity contribution in [1.29, 1.82) is 0 Å². The fourth-order valence-electron chi connectivity index (χ4n) is 2.45. The molecule has 1 N–H and O–H groups in total. The number of pyridine rings is 1. The van der Waals surface area contributed by atoms with Crippen LogP contribution in [0.15, 0.2) is 46.9 Å². The van der Waals surface area contributed by atoms with Crippen molar-refractivity contribution in [3.05, 3.63) is 58.2 Å². The van der Waals surface area contributed by atoms with Crippen LogP contribution in [0.4, 0.5) is 5.82 Å². The molecule has 0 saturated carbocycles. The van der Waals surface area contributed by atoms with Gasteiger partial charge in [-0.25, -0.2) is 9.78 Å². The lowest BCUT2D eigenvalue weighted by atomic mass is 10.1. The molecule has 0 spiro atoms. The first-order valence-electron chi connectivity index (χ1n) is 6.96. The average Bonchev–Trinajstić information content (AvgIpc) is 2.56. The fraction of sp³-hybridized carbons (Fsp3) is 0.250. The van der Waals surface area contributed by atoms with Gasteiger partial charge in [0.25, 0.3) is 0 Å². The molecule has 22 heavy (non-hydrogen) atoms. The van der Waals surface area contributed by atoms with E-state index >= 15 is 0 Å². The molecular formula is C16H15BrN2O3. The predicted octanol–water partition coefficient (Wildman–Crippen LogP) is 3.12. The Bertz CT molecular complexity index is 675. The largest absolute Gasteiger partial charge is 0.477 e. The lowest BCUT2D eigenvalue weighted by molar-refractivity contribution is 0.0395. The number of halogens is 1. The summed E-state index contributed by atoms with van der Waals surface area (Å²) in [5, 5.41) is 9.05. The number of carbonyl (C=O) groups is 1. The molecule has 6 heteroatoms. The number of carboxylic acids is 1. The number of anilines is 1. The van der Waals surface area contributed by atoms with Crippen molar-refractivity contribution in [3.63, 3.8) is 0 Å². The lowest BCUT2D eigenvalue weighted by Crippen LogP contribution is -2.39. The molecule has 2 heterocycles. The summed E-state index contributed by atoms with van der Waals surface area (Å²) < 4.78 is 6.86. The van der Waals surface area contributed by atoms with Crippen LogP contribution in [0.2, 0.25) is 0 Å². The Kier molecular flexibility index (Phi) is 4.40. The van der Waals surface area contributed by atoms with Gasteiger partial charge in [0, 0.05) is 17.6 Å². The minimum Gasteiger partial charge on any atom is -0.477 e. The summed E-state index contributed by atoms with van der Waals surface area (Å²) >= 11 is 3.42. The molecule has 1 aromatic heterocycles. The summed E-state index contributed by atoms with van der Waals surface area (Å²) in [6.45, 7) is 1.93. The number of carboxylic acid groups (broad SMARTS) is 1. The molecule has 0 radical (unpaired) electrons. The molecule has 0 aliphatic carbocycles. The Morgan fingerprint density at radius 2 is 2.05 bits per heavy atom. The molecule has 0 amide bonds. The number of hydrogen-bond donors (Lipinski definition) is 1. The summed E-state index contributed by atoms with van der Waals surface area (Å²) in [6, 6.07) is 13.1. The second kappa shape index (κ2) is 6.46. The molecule has 5 nitrogen and oxygen atoms in total. The van der Waals surface area contributed by atoms with E-state index in [1.165, 1.54) is 6.07 Å². The van der Waals surface area contributed by atoms with Crippen LogP contribution in [-0.4, -0.2) is 35.8 Å². The van der Waals surface area contributed by atoms with E-state index < -0.39 is 5.97 Å². The summed E-state index contributed by atoms with van der Waals surface area (Å²) in [4.78, 5) is 17.3. The van der Waals surface area contributed by atoms with E-state index in [4.69, 9.17) is 9.84 Å². The topological polar surface area (TPSA) is 62.7 Å². The Morgan fingerprint density at radius 3 is 2.77 bits per heavy atom. The third-order valence-electron chi connectivity index (χ3n) is 3.59. The minimum atomic E-state index is -1.01. The van der Waals surface area contributed by atoms with Crippen LogP contribution in [-0.2, 0) is 4.74 Å². The van der Waals surface area contributed by atoms with E-state index in [2.05, 4.69) is 25.8 Å². The highest BCUT2D eigenvalue weighted by atomic mass is 79.9. The highest BCUT2D eigenvalue weighted by Crippen LogP contribution is 2.26. The second-order valence-electron chi connectivity index (χ2n) is 5.04. The van der Waals surface area contributed by atoms with E-state index in [1.54, 1.807) is 6.07 Å². The van der Waals surface area contributed by atoms with E-state index in [-0.39, 0.29) is 11.8 Å². The summed E-state index contributed by atoms with van der Waals surface area (Å²) in [6.07, 6.45) is -0.0443. The zero-order valence-corrected chi connectivity index (χ0v) is 13.4. The maximum Gasteiger partial charge on any atom is 0.354 e. The van der Waals surface area contributed by atoms with Gasteiger partial charge in [-0.3, -0.25) is 0 Å². The Labute approximate surface area is 136 Å². The average molecular weight is 363 g/mol. The van der Waals surface area contributed by atoms with Crippen LogP contribution in [0.25, 0.3) is 0 Å². The van der Waals surface area contributed by atoms with Gasteiger partial charge in [0.15, 0.2) is 5.69 Å². The van der Waals surface area contributed by atoms with Gasteiger partial charge in [-0.05, 0) is 29.8 Å². The molecule has 3 rings (SSSR count). The molecule has 1 unspecified atom stereocenters. The van der Waals surface area contributed by atoms with E-state index in [9.17, 15) is 4.79 Å². The van der Waals surface area contributed by atoms with Gasteiger partial charge < -0.3 is 14.7 Å². The van der Waals surface area contributed by atoms with Crippen LogP contribution < -0.4 is 4.90 Å². The number of aromatic carboxylic acids is 1. The quantitative estimate of drug-likeness (QED) is 0.908. The van der Waals surface area contributed by atoms with Crippen molar-refractivity contribution in [2.45, 2.75) is 6.10 Å². The molecule has 1 aliphatic heterocycles. The van der Waals surface area contributed by atoms with Gasteiger partial charge in [0.2, 0.25) is 0 Å². The summed E-state index contributed by atoms with van der Waals surface area (Å²) in [7, 11) is 0. The van der Waals surface area contributed by atoms with Crippen LogP contribution in [0.1, 0.15) is 22.2 Å². The van der Waals surface area contributed by atoms with Crippen molar-refractivity contribution in [2.75, 3.05) is 24.6 Å². The second-order valence-corrected chi connectivity index (χ2v) is 5.96. The third kappa shape index (κ3) is 3.28. The van der Waals surface area contributed by atoms with Gasteiger partial charge in [-0.1, -0.05) is 34.1 Å². The SMILES string of the molecule is O=C(O)c1cccc(N2CCOC(c3ccc(Br)cc3)C2)n1. The standard InChI is InChI=1S/C16H15BrN2O3/c17-12-6-4-11(5-7-12)14-10-19(8-9-22-14)15-3-1-2-13(18-15)16(20)21/h1-7,14H,8-10H2,(H,20,21). The van der Waals surface area contributed by atoms with E-state index in [0.717, 1.165) is 10.0 Å². The molecule has 1 aromatic carbocycles. The number of nitrogens with zero attached hydrogens (tertiary/aromatic N) is 2. The normalized spacial score (nSPS) is 18.2. The highest BCUT2D eigenvalue weighted by molar-refractivity contribution is 9.10. The van der Waals surface area contributed by atoms with Gasteiger partial charge >= 0.3 is 5.97 Å². The first kappa shape index (κ1) is 15.0. The highest BCUT2D eigenvalue weighted by Gasteiger charge is 2.23. The number of morpholine rings is 1. The first-order valence-corrected chi connectivity index (χ1v) is 7.75. The van der Waals surface area contributed by atoms with Crippen molar-refractivity contribution >= 4 is 27.7 Å². The van der Waals surface area contributed by atoms with Crippen LogP contribution in [0.3, 0.4) is 0 Å². The number of hydrogen-bond acceptors (Lipinski definition) is 4. The van der Waals surface area contributed by atoms with Crippen molar-refractivity contribution < 1.29 is 14.6 Å². The molecule has 1 saturated heterocycles. The zero-order chi connectivity index (χ0) is 15.5. The zero-order valence-electron chi connectivity index (χ0n) is 11.8. The van der Waals surface area contributed by atoms with E-state index in [1.807, 2.05) is 30.3 Å². The minimum absolute atomic E-state index is 0.0443. The molecule has 0 bridgehead atoms. The maximum atomic E-state index is 11.0. The van der Waals surface area contributed by atoms with Gasteiger partial charge in [-0.15, -0.1) is 0 Å². The van der Waals surface area contributed by atoms with Gasteiger partial charge in [0.05, 0.1) is 6.61 Å². The van der Waals surface area contributed by atoms with Crippen molar-refractivity contribution in [2.24, 2.45) is 0 Å². The smallest absolute Gasteiger partial charge is 0.354 e. The van der Waals surface area contributed by atoms with Crippen LogP contribution >= 0.6 is 15.9 Å². The first-order chi connectivity index (χ1) is 10.6. The summed E-state index contributed by atoms with van der Waals surface area (Å²) in [5.41, 5.74) is 1.16. The monoisotopic (exact) mass is 362 g/mol. The van der Waals surface area contributed by atoms with Gasteiger partial charge in [0.1, 0.15) is 11.9 Å². The number of ether oxygens (including phenoxy) is 1. The van der Waals surface area contributed by atoms with Crippen LogP contribution in [0.5, 0.6) is 0 Å². The maximum absolute atomic E-state index is 11.0. The predicted molar refractivity (Wildman–Crippen MR) is 86.2 cm³/mol. The lowest BCUT2D eigenvalue weighted by Gasteiger charge is -2.34. The number of rotatable bonds is 3. The number of benzene rings is 1.